The molecule has 2 unspecified atom stereocenters. The van der Waals surface area contributed by atoms with Gasteiger partial charge in [0.1, 0.15) is 6.04 Å². The Morgan fingerprint density at radius 3 is 2.26 bits per heavy atom. The summed E-state index contributed by atoms with van der Waals surface area (Å²) >= 11 is 0. The van der Waals surface area contributed by atoms with Crippen LogP contribution in [0.25, 0.3) is 0 Å². The summed E-state index contributed by atoms with van der Waals surface area (Å²) in [6, 6.07) is -0.760. The number of hydrogen-bond acceptors (Lipinski definition) is 5. The summed E-state index contributed by atoms with van der Waals surface area (Å²) in [5.74, 6) is -0.479. The first-order valence-electron chi connectivity index (χ1n) is 13.2. The van der Waals surface area contributed by atoms with Gasteiger partial charge in [0, 0.05) is 18.7 Å². The van der Waals surface area contributed by atoms with Gasteiger partial charge in [-0.05, 0) is 58.4 Å². The molecule has 1 heterocycles. The van der Waals surface area contributed by atoms with Crippen LogP contribution in [0.3, 0.4) is 0 Å². The van der Waals surface area contributed by atoms with E-state index in [-0.39, 0.29) is 41.7 Å². The molecule has 196 valence electrons. The Hall–Kier alpha value is -1.89. The molecule has 1 fully saturated rings. The van der Waals surface area contributed by atoms with E-state index >= 15 is 0 Å². The zero-order chi connectivity index (χ0) is 26.0. The van der Waals surface area contributed by atoms with Crippen molar-refractivity contribution in [1.82, 2.24) is 15.1 Å². The number of rotatable bonds is 12. The maximum absolute atomic E-state index is 13.7. The van der Waals surface area contributed by atoms with Gasteiger partial charge in [-0.1, -0.05) is 53.5 Å². The standard InChI is InChI=1S/C27H49N3O4/c1-10-19(6)23(17-20(7)27(33)34-12-3)29(9)26(32)24(18(4)5)28-25(31)22-15-13-14-16-30(22)21(8)11-2/h17-19,21-24H,10-16H2,1-9H3,(H,28,31)/b20-17+/t19-,21?,22+,23+,24?/m0/s1. The van der Waals surface area contributed by atoms with E-state index in [9.17, 15) is 14.4 Å². The third-order valence-electron chi connectivity index (χ3n) is 7.27. The third kappa shape index (κ3) is 8.10. The molecular formula is C27H49N3O4. The SMILES string of the molecule is CCOC(=O)/C(C)=C/[C@H]([C@@H](C)CC)N(C)C(=O)C(NC(=O)[C@H]1CCCCN1C(C)CC)C(C)C. The first-order valence-corrected chi connectivity index (χ1v) is 13.2. The fourth-order valence-corrected chi connectivity index (χ4v) is 4.60. The number of ether oxygens (including phenoxy) is 1. The van der Waals surface area contributed by atoms with Crippen molar-refractivity contribution in [3.05, 3.63) is 11.6 Å². The number of nitrogens with zero attached hydrogens (tertiary/aromatic N) is 2. The smallest absolute Gasteiger partial charge is 0.333 e. The van der Waals surface area contributed by atoms with Crippen LogP contribution in [-0.2, 0) is 19.1 Å². The van der Waals surface area contributed by atoms with E-state index in [1.54, 1.807) is 25.8 Å². The van der Waals surface area contributed by atoms with Gasteiger partial charge in [-0.2, -0.15) is 0 Å². The summed E-state index contributed by atoms with van der Waals surface area (Å²) in [7, 11) is 1.77. The first-order chi connectivity index (χ1) is 16.0. The number of amides is 2. The number of esters is 1. The van der Waals surface area contributed by atoms with Crippen LogP contribution >= 0.6 is 0 Å². The molecule has 5 atom stereocenters. The van der Waals surface area contributed by atoms with Crippen molar-refractivity contribution in [2.75, 3.05) is 20.2 Å². The van der Waals surface area contributed by atoms with E-state index in [0.717, 1.165) is 38.6 Å². The highest BCUT2D eigenvalue weighted by atomic mass is 16.5. The van der Waals surface area contributed by atoms with Crippen LogP contribution in [0.1, 0.15) is 87.5 Å². The van der Waals surface area contributed by atoms with Gasteiger partial charge in [-0.25, -0.2) is 4.79 Å². The molecule has 1 aliphatic rings. The lowest BCUT2D eigenvalue weighted by Crippen LogP contribution is -2.59. The Bertz CT molecular complexity index is 706. The van der Waals surface area contributed by atoms with Gasteiger partial charge >= 0.3 is 5.97 Å². The minimum atomic E-state index is -0.624. The van der Waals surface area contributed by atoms with Crippen molar-refractivity contribution in [2.45, 2.75) is 112 Å². The highest BCUT2D eigenvalue weighted by Crippen LogP contribution is 2.23. The van der Waals surface area contributed by atoms with Crippen LogP contribution in [0.4, 0.5) is 0 Å². The average molecular weight is 480 g/mol. The third-order valence-corrected chi connectivity index (χ3v) is 7.27. The minimum Gasteiger partial charge on any atom is -0.463 e. The fraction of sp³-hybridized carbons (Fsp3) is 0.815. The summed E-state index contributed by atoms with van der Waals surface area (Å²) < 4.78 is 5.13. The summed E-state index contributed by atoms with van der Waals surface area (Å²) in [6.07, 6.45) is 6.61. The van der Waals surface area contributed by atoms with E-state index in [2.05, 4.69) is 37.9 Å². The molecule has 0 aliphatic carbocycles. The quantitative estimate of drug-likeness (QED) is 0.336. The van der Waals surface area contributed by atoms with Gasteiger partial charge in [-0.3, -0.25) is 14.5 Å². The second kappa shape index (κ2) is 14.5. The molecule has 7 heteroatoms. The zero-order valence-corrected chi connectivity index (χ0v) is 23.0. The molecule has 0 aromatic carbocycles. The van der Waals surface area contributed by atoms with Crippen molar-refractivity contribution in [1.29, 1.82) is 0 Å². The van der Waals surface area contributed by atoms with Crippen LogP contribution in [-0.4, -0.2) is 72.0 Å². The summed E-state index contributed by atoms with van der Waals surface area (Å²) in [5, 5.41) is 3.10. The average Bonchev–Trinajstić information content (AvgIpc) is 2.83. The summed E-state index contributed by atoms with van der Waals surface area (Å²) in [6.45, 7) is 17.1. The molecule has 1 N–H and O–H groups in total. The topological polar surface area (TPSA) is 79.0 Å². The Morgan fingerprint density at radius 2 is 1.74 bits per heavy atom. The lowest BCUT2D eigenvalue weighted by Gasteiger charge is -2.40. The Kier molecular flexibility index (Phi) is 12.9. The molecule has 0 radical (unpaired) electrons. The molecule has 0 saturated carbocycles. The van der Waals surface area contributed by atoms with E-state index in [4.69, 9.17) is 4.74 Å². The van der Waals surface area contributed by atoms with Crippen molar-refractivity contribution in [3.63, 3.8) is 0 Å². The molecule has 1 aliphatic heterocycles. The van der Waals surface area contributed by atoms with Crippen LogP contribution in [0, 0.1) is 11.8 Å². The highest BCUT2D eigenvalue weighted by Gasteiger charge is 2.36. The summed E-state index contributed by atoms with van der Waals surface area (Å²) in [5.41, 5.74) is 0.489. The number of carbonyl (C=O) groups excluding carboxylic acids is 3. The van der Waals surface area contributed by atoms with Crippen LogP contribution in [0.15, 0.2) is 11.6 Å². The molecule has 1 saturated heterocycles. The molecule has 1 rings (SSSR count). The molecule has 0 aromatic heterocycles. The Balaban J connectivity index is 3.12. The number of likely N-dealkylation sites (tertiary alicyclic amines) is 1. The normalized spacial score (nSPS) is 20.9. The van der Waals surface area contributed by atoms with Crippen molar-refractivity contribution < 1.29 is 19.1 Å². The van der Waals surface area contributed by atoms with E-state index in [1.807, 2.05) is 19.9 Å². The minimum absolute atomic E-state index is 0.0567. The predicted octanol–water partition coefficient (Wildman–Crippen LogP) is 4.16. The second-order valence-electron chi connectivity index (χ2n) is 10.1. The lowest BCUT2D eigenvalue weighted by atomic mass is 9.93. The van der Waals surface area contributed by atoms with Gasteiger partial charge in [0.15, 0.2) is 0 Å². The number of hydrogen-bond donors (Lipinski definition) is 1. The van der Waals surface area contributed by atoms with Gasteiger partial charge < -0.3 is 15.0 Å². The largest absolute Gasteiger partial charge is 0.463 e. The maximum atomic E-state index is 13.7. The molecule has 0 bridgehead atoms. The van der Waals surface area contributed by atoms with Crippen molar-refractivity contribution in [3.8, 4) is 0 Å². The van der Waals surface area contributed by atoms with E-state index < -0.39 is 6.04 Å². The zero-order valence-electron chi connectivity index (χ0n) is 23.0. The fourth-order valence-electron chi connectivity index (χ4n) is 4.60. The van der Waals surface area contributed by atoms with E-state index in [0.29, 0.717) is 18.2 Å². The second-order valence-corrected chi connectivity index (χ2v) is 10.1. The molecule has 0 aromatic rings. The Morgan fingerprint density at radius 1 is 1.09 bits per heavy atom. The lowest BCUT2D eigenvalue weighted by molar-refractivity contribution is -0.140. The number of piperidine rings is 1. The Labute approximate surface area is 207 Å². The van der Waals surface area contributed by atoms with Crippen molar-refractivity contribution in [2.24, 2.45) is 11.8 Å². The maximum Gasteiger partial charge on any atom is 0.333 e. The van der Waals surface area contributed by atoms with Gasteiger partial charge in [0.25, 0.3) is 0 Å². The van der Waals surface area contributed by atoms with Gasteiger partial charge in [0.2, 0.25) is 11.8 Å². The monoisotopic (exact) mass is 479 g/mol. The summed E-state index contributed by atoms with van der Waals surface area (Å²) in [4.78, 5) is 43.2. The van der Waals surface area contributed by atoms with Gasteiger partial charge in [0.05, 0.1) is 18.7 Å². The number of nitrogens with one attached hydrogen (secondary N) is 1. The van der Waals surface area contributed by atoms with Crippen LogP contribution in [0.2, 0.25) is 0 Å². The number of carbonyl (C=O) groups is 3. The molecule has 7 nitrogen and oxygen atoms in total. The first kappa shape index (κ1) is 30.1. The van der Waals surface area contributed by atoms with Gasteiger partial charge in [-0.15, -0.1) is 0 Å². The molecule has 2 amide bonds. The molecule has 34 heavy (non-hydrogen) atoms. The number of likely N-dealkylation sites (N-methyl/N-ethyl adjacent to an activating group) is 1. The molecule has 0 spiro atoms. The van der Waals surface area contributed by atoms with Crippen LogP contribution in [0.5, 0.6) is 0 Å². The predicted molar refractivity (Wildman–Crippen MR) is 137 cm³/mol. The van der Waals surface area contributed by atoms with E-state index in [1.165, 1.54) is 0 Å². The molecular weight excluding hydrogens is 430 g/mol. The van der Waals surface area contributed by atoms with Crippen molar-refractivity contribution >= 4 is 17.8 Å². The highest BCUT2D eigenvalue weighted by molar-refractivity contribution is 5.91. The van der Waals surface area contributed by atoms with Crippen LogP contribution < -0.4 is 5.32 Å².